The summed E-state index contributed by atoms with van der Waals surface area (Å²) in [5, 5.41) is 4.42. The molecule has 0 aliphatic rings. The molecule has 0 aliphatic carbocycles. The smallest absolute Gasteiger partial charge is 0.131 e. The molecule has 2 aromatic heterocycles. The van der Waals surface area contributed by atoms with Crippen LogP contribution in [0.4, 0.5) is 5.82 Å². The van der Waals surface area contributed by atoms with E-state index in [9.17, 15) is 0 Å². The molecule has 0 saturated heterocycles. The van der Waals surface area contributed by atoms with E-state index in [-0.39, 0.29) is 0 Å². The molecule has 17 heavy (non-hydrogen) atoms. The summed E-state index contributed by atoms with van der Waals surface area (Å²) in [6.45, 7) is 4.17. The fraction of sp³-hybridized carbons (Fsp3) is 0.500. The first-order valence-corrected chi connectivity index (χ1v) is 5.92. The molecule has 5 nitrogen and oxygen atoms in total. The molecular formula is C12H19N5. The SMILES string of the molecule is CCc1nn(C)cc1-c1nc(CC)n(C)c1N. The van der Waals surface area contributed by atoms with Crippen LogP contribution in [0.2, 0.25) is 0 Å². The Bertz CT molecular complexity index is 535. The van der Waals surface area contributed by atoms with Crippen LogP contribution in [0, 0.1) is 0 Å². The molecule has 0 aromatic carbocycles. The fourth-order valence-corrected chi connectivity index (χ4v) is 2.07. The number of nitrogens with two attached hydrogens (primary N) is 1. The molecule has 0 fully saturated rings. The Kier molecular flexibility index (Phi) is 2.92. The fourth-order valence-electron chi connectivity index (χ4n) is 2.07. The van der Waals surface area contributed by atoms with Crippen molar-refractivity contribution in [2.45, 2.75) is 26.7 Å². The van der Waals surface area contributed by atoms with Crippen LogP contribution < -0.4 is 5.73 Å². The van der Waals surface area contributed by atoms with Crippen LogP contribution in [-0.2, 0) is 26.9 Å². The van der Waals surface area contributed by atoms with Gasteiger partial charge in [-0.15, -0.1) is 0 Å². The summed E-state index contributed by atoms with van der Waals surface area (Å²) in [4.78, 5) is 4.60. The summed E-state index contributed by atoms with van der Waals surface area (Å²) in [7, 11) is 3.87. The van der Waals surface area contributed by atoms with E-state index in [0.29, 0.717) is 5.82 Å². The summed E-state index contributed by atoms with van der Waals surface area (Å²) in [5.74, 6) is 1.72. The molecule has 92 valence electrons. The first kappa shape index (κ1) is 11.7. The second-order valence-electron chi connectivity index (χ2n) is 4.19. The molecule has 0 aliphatic heterocycles. The number of nitrogens with zero attached hydrogens (tertiary/aromatic N) is 4. The lowest BCUT2D eigenvalue weighted by Gasteiger charge is -2.00. The lowest BCUT2D eigenvalue weighted by atomic mass is 10.1. The Morgan fingerprint density at radius 3 is 2.47 bits per heavy atom. The number of hydrogen-bond acceptors (Lipinski definition) is 3. The Morgan fingerprint density at radius 1 is 1.24 bits per heavy atom. The second-order valence-corrected chi connectivity index (χ2v) is 4.19. The van der Waals surface area contributed by atoms with Gasteiger partial charge in [0, 0.05) is 32.3 Å². The normalized spacial score (nSPS) is 11.1. The number of aryl methyl sites for hydroxylation is 3. The maximum absolute atomic E-state index is 6.11. The van der Waals surface area contributed by atoms with E-state index in [1.54, 1.807) is 0 Å². The molecule has 0 spiro atoms. The Morgan fingerprint density at radius 2 is 1.94 bits per heavy atom. The number of anilines is 1. The minimum atomic E-state index is 0.713. The topological polar surface area (TPSA) is 61.7 Å². The van der Waals surface area contributed by atoms with Crippen molar-refractivity contribution in [1.29, 1.82) is 0 Å². The van der Waals surface area contributed by atoms with E-state index >= 15 is 0 Å². The average Bonchev–Trinajstić information content (AvgIpc) is 2.82. The van der Waals surface area contributed by atoms with Crippen LogP contribution in [0.25, 0.3) is 11.3 Å². The summed E-state index contributed by atoms with van der Waals surface area (Å²) < 4.78 is 3.76. The third-order valence-corrected chi connectivity index (χ3v) is 3.04. The molecule has 5 heteroatoms. The number of imidazole rings is 1. The Hall–Kier alpha value is -1.78. The third-order valence-electron chi connectivity index (χ3n) is 3.04. The van der Waals surface area contributed by atoms with E-state index < -0.39 is 0 Å². The van der Waals surface area contributed by atoms with Crippen LogP contribution >= 0.6 is 0 Å². The van der Waals surface area contributed by atoms with E-state index in [4.69, 9.17) is 5.73 Å². The van der Waals surface area contributed by atoms with E-state index in [0.717, 1.165) is 35.6 Å². The van der Waals surface area contributed by atoms with Crippen molar-refractivity contribution in [3.8, 4) is 11.3 Å². The molecule has 2 rings (SSSR count). The van der Waals surface area contributed by atoms with Gasteiger partial charge in [0.25, 0.3) is 0 Å². The number of nitrogen functional groups attached to an aromatic ring is 1. The first-order chi connectivity index (χ1) is 8.08. The maximum Gasteiger partial charge on any atom is 0.131 e. The van der Waals surface area contributed by atoms with Crippen molar-refractivity contribution < 1.29 is 0 Å². The second kappa shape index (κ2) is 4.24. The number of aromatic nitrogens is 4. The van der Waals surface area contributed by atoms with E-state index in [2.05, 4.69) is 23.9 Å². The molecule has 2 aromatic rings. The minimum Gasteiger partial charge on any atom is -0.383 e. The summed E-state index contributed by atoms with van der Waals surface area (Å²) in [6.07, 6.45) is 3.74. The van der Waals surface area contributed by atoms with Gasteiger partial charge in [-0.05, 0) is 6.42 Å². The van der Waals surface area contributed by atoms with Gasteiger partial charge >= 0.3 is 0 Å². The molecule has 0 atom stereocenters. The van der Waals surface area contributed by atoms with Crippen molar-refractivity contribution in [3.63, 3.8) is 0 Å². The van der Waals surface area contributed by atoms with Gasteiger partial charge in [0.2, 0.25) is 0 Å². The van der Waals surface area contributed by atoms with Gasteiger partial charge in [0.15, 0.2) is 0 Å². The number of rotatable bonds is 3. The quantitative estimate of drug-likeness (QED) is 0.874. The minimum absolute atomic E-state index is 0.713. The van der Waals surface area contributed by atoms with Gasteiger partial charge in [-0.25, -0.2) is 4.98 Å². The van der Waals surface area contributed by atoms with Crippen LogP contribution in [0.1, 0.15) is 25.4 Å². The van der Waals surface area contributed by atoms with Gasteiger partial charge in [0.1, 0.15) is 17.3 Å². The predicted octanol–water partition coefficient (Wildman–Crippen LogP) is 1.53. The molecule has 0 saturated carbocycles. The van der Waals surface area contributed by atoms with Crippen LogP contribution in [-0.4, -0.2) is 19.3 Å². The van der Waals surface area contributed by atoms with Gasteiger partial charge in [-0.1, -0.05) is 13.8 Å². The van der Waals surface area contributed by atoms with Gasteiger partial charge in [0.05, 0.1) is 5.69 Å². The highest BCUT2D eigenvalue weighted by atomic mass is 15.3. The lowest BCUT2D eigenvalue weighted by Crippen LogP contribution is -2.00. The van der Waals surface area contributed by atoms with Crippen molar-refractivity contribution in [1.82, 2.24) is 19.3 Å². The molecule has 0 amide bonds. The van der Waals surface area contributed by atoms with Crippen LogP contribution in [0.3, 0.4) is 0 Å². The van der Waals surface area contributed by atoms with E-state index in [1.165, 1.54) is 0 Å². The highest BCUT2D eigenvalue weighted by Gasteiger charge is 2.17. The van der Waals surface area contributed by atoms with Gasteiger partial charge < -0.3 is 10.3 Å². The standard InChI is InChI=1S/C12H19N5/c1-5-9-8(7-16(3)15-9)11-12(13)17(4)10(6-2)14-11/h7H,5-6,13H2,1-4H3. The largest absolute Gasteiger partial charge is 0.383 e. The zero-order valence-electron chi connectivity index (χ0n) is 10.9. The zero-order chi connectivity index (χ0) is 12.6. The highest BCUT2D eigenvalue weighted by Crippen LogP contribution is 2.28. The zero-order valence-corrected chi connectivity index (χ0v) is 10.9. The monoisotopic (exact) mass is 233 g/mol. The first-order valence-electron chi connectivity index (χ1n) is 5.92. The predicted molar refractivity (Wildman–Crippen MR) is 68.6 cm³/mol. The van der Waals surface area contributed by atoms with Crippen LogP contribution in [0.15, 0.2) is 6.20 Å². The van der Waals surface area contributed by atoms with E-state index in [1.807, 2.05) is 29.5 Å². The lowest BCUT2D eigenvalue weighted by molar-refractivity contribution is 0.746. The molecule has 0 unspecified atom stereocenters. The van der Waals surface area contributed by atoms with Crippen molar-refractivity contribution in [2.75, 3.05) is 5.73 Å². The van der Waals surface area contributed by atoms with Crippen molar-refractivity contribution in [3.05, 3.63) is 17.7 Å². The molecule has 2 N–H and O–H groups in total. The maximum atomic E-state index is 6.11. The van der Waals surface area contributed by atoms with Crippen LogP contribution in [0.5, 0.6) is 0 Å². The average molecular weight is 233 g/mol. The van der Waals surface area contributed by atoms with Gasteiger partial charge in [-0.3, -0.25) is 4.68 Å². The third kappa shape index (κ3) is 1.81. The highest BCUT2D eigenvalue weighted by molar-refractivity contribution is 5.72. The summed E-state index contributed by atoms with van der Waals surface area (Å²) >= 11 is 0. The van der Waals surface area contributed by atoms with Crippen molar-refractivity contribution >= 4 is 5.82 Å². The Balaban J connectivity index is 2.59. The molecule has 2 heterocycles. The summed E-state index contributed by atoms with van der Waals surface area (Å²) in [5.41, 5.74) is 9.05. The number of hydrogen-bond donors (Lipinski definition) is 1. The molecular weight excluding hydrogens is 214 g/mol. The Labute approximate surface area is 101 Å². The van der Waals surface area contributed by atoms with Gasteiger partial charge in [-0.2, -0.15) is 5.10 Å². The molecule has 0 radical (unpaired) electrons. The molecule has 0 bridgehead atoms. The van der Waals surface area contributed by atoms with Crippen molar-refractivity contribution in [2.24, 2.45) is 14.1 Å². The summed E-state index contributed by atoms with van der Waals surface area (Å²) in [6, 6.07) is 0.